The van der Waals surface area contributed by atoms with Crippen LogP contribution in [0.1, 0.15) is 5.56 Å². The van der Waals surface area contributed by atoms with E-state index in [2.05, 4.69) is 20.8 Å². The van der Waals surface area contributed by atoms with Gasteiger partial charge >= 0.3 is 0 Å². The summed E-state index contributed by atoms with van der Waals surface area (Å²) in [6.45, 7) is 0.372. The van der Waals surface area contributed by atoms with E-state index in [9.17, 15) is 9.18 Å². The van der Waals surface area contributed by atoms with Gasteiger partial charge in [0.15, 0.2) is 0 Å². The topological polar surface area (TPSA) is 81.9 Å². The number of aromatic nitrogens is 4. The Morgan fingerprint density at radius 1 is 1.23 bits per heavy atom. The molecule has 0 atom stereocenters. The fourth-order valence-corrected chi connectivity index (χ4v) is 2.76. The van der Waals surface area contributed by atoms with Crippen molar-refractivity contribution in [3.8, 4) is 11.5 Å². The lowest BCUT2D eigenvalue weighted by atomic mass is 10.2. The molecule has 0 radical (unpaired) electrons. The number of ether oxygens (including phenoxy) is 1. The predicted octanol–water partition coefficient (Wildman–Crippen LogP) is 2.55. The number of halogens is 1. The molecule has 1 aromatic heterocycles. The third kappa shape index (κ3) is 5.03. The Balaban J connectivity index is 1.51. The van der Waals surface area contributed by atoms with E-state index in [0.717, 1.165) is 5.56 Å². The van der Waals surface area contributed by atoms with E-state index in [1.54, 1.807) is 25.2 Å². The molecule has 1 heterocycles. The van der Waals surface area contributed by atoms with Gasteiger partial charge in [-0.15, -0.1) is 5.10 Å². The van der Waals surface area contributed by atoms with E-state index in [-0.39, 0.29) is 17.5 Å². The van der Waals surface area contributed by atoms with Crippen LogP contribution in [0.3, 0.4) is 0 Å². The zero-order valence-electron chi connectivity index (χ0n) is 13.9. The Labute approximate surface area is 153 Å². The normalized spacial score (nSPS) is 10.5. The Morgan fingerprint density at radius 2 is 2.04 bits per heavy atom. The molecule has 0 aliphatic rings. The van der Waals surface area contributed by atoms with Crippen molar-refractivity contribution in [1.29, 1.82) is 0 Å². The third-order valence-electron chi connectivity index (χ3n) is 3.35. The van der Waals surface area contributed by atoms with Crippen molar-refractivity contribution in [3.05, 3.63) is 59.9 Å². The van der Waals surface area contributed by atoms with Crippen molar-refractivity contribution < 1.29 is 13.9 Å². The molecule has 0 bridgehead atoms. The summed E-state index contributed by atoms with van der Waals surface area (Å²) >= 11 is 1.26. The first kappa shape index (κ1) is 17.9. The summed E-state index contributed by atoms with van der Waals surface area (Å²) < 4.78 is 20.1. The molecule has 0 aliphatic heterocycles. The van der Waals surface area contributed by atoms with Gasteiger partial charge in [0, 0.05) is 13.6 Å². The molecule has 9 heteroatoms. The Kier molecular flexibility index (Phi) is 5.80. The number of hydrogen-bond donors (Lipinski definition) is 1. The first-order valence-corrected chi connectivity index (χ1v) is 8.73. The van der Waals surface area contributed by atoms with Crippen LogP contribution in [-0.4, -0.2) is 31.9 Å². The predicted molar refractivity (Wildman–Crippen MR) is 94.3 cm³/mol. The molecule has 0 saturated carbocycles. The number of hydrogen-bond acceptors (Lipinski definition) is 6. The number of benzene rings is 2. The van der Waals surface area contributed by atoms with Crippen LogP contribution in [0.15, 0.2) is 53.7 Å². The highest BCUT2D eigenvalue weighted by Crippen LogP contribution is 2.22. The highest BCUT2D eigenvalue weighted by atomic mass is 32.2. The van der Waals surface area contributed by atoms with Gasteiger partial charge in [-0.05, 0) is 52.4 Å². The second-order valence-electron chi connectivity index (χ2n) is 5.35. The number of carbonyl (C=O) groups is 1. The largest absolute Gasteiger partial charge is 0.457 e. The monoisotopic (exact) mass is 373 g/mol. The molecule has 7 nitrogen and oxygen atoms in total. The van der Waals surface area contributed by atoms with Gasteiger partial charge in [0.2, 0.25) is 11.1 Å². The maximum Gasteiger partial charge on any atom is 0.230 e. The van der Waals surface area contributed by atoms with Gasteiger partial charge in [0.05, 0.1) is 5.75 Å². The van der Waals surface area contributed by atoms with Gasteiger partial charge in [-0.25, -0.2) is 9.07 Å². The standard InChI is InChI=1S/C17H16FN5O2S/c1-23-17(20-21-22-23)26-11-16(24)19-10-12-3-2-4-15(9-12)25-14-7-5-13(18)6-8-14/h2-9H,10-11H2,1H3,(H,19,24). The fourth-order valence-electron chi connectivity index (χ4n) is 2.08. The number of amides is 1. The van der Waals surface area contributed by atoms with Crippen LogP contribution in [0.5, 0.6) is 11.5 Å². The molecule has 2 aromatic carbocycles. The molecular formula is C17H16FN5O2S. The lowest BCUT2D eigenvalue weighted by Crippen LogP contribution is -2.24. The molecule has 0 saturated heterocycles. The smallest absolute Gasteiger partial charge is 0.230 e. The van der Waals surface area contributed by atoms with Gasteiger partial charge in [-0.1, -0.05) is 23.9 Å². The van der Waals surface area contributed by atoms with Crippen LogP contribution in [0.25, 0.3) is 0 Å². The number of aryl methyl sites for hydroxylation is 1. The Bertz CT molecular complexity index is 885. The van der Waals surface area contributed by atoms with Crippen LogP contribution in [0, 0.1) is 5.82 Å². The number of tetrazole rings is 1. The van der Waals surface area contributed by atoms with E-state index in [4.69, 9.17) is 4.74 Å². The molecule has 134 valence electrons. The van der Waals surface area contributed by atoms with Crippen LogP contribution in [0.4, 0.5) is 4.39 Å². The molecule has 0 spiro atoms. The summed E-state index contributed by atoms with van der Waals surface area (Å²) in [5.41, 5.74) is 0.892. The van der Waals surface area contributed by atoms with E-state index >= 15 is 0 Å². The van der Waals surface area contributed by atoms with Gasteiger partial charge in [-0.3, -0.25) is 4.79 Å². The molecule has 3 aromatic rings. The minimum Gasteiger partial charge on any atom is -0.457 e. The van der Waals surface area contributed by atoms with Crippen molar-refractivity contribution in [2.24, 2.45) is 7.05 Å². The Morgan fingerprint density at radius 3 is 2.77 bits per heavy atom. The highest BCUT2D eigenvalue weighted by molar-refractivity contribution is 7.99. The minimum atomic E-state index is -0.316. The van der Waals surface area contributed by atoms with E-state index in [0.29, 0.717) is 23.2 Å². The minimum absolute atomic E-state index is 0.122. The second kappa shape index (κ2) is 8.43. The molecular weight excluding hydrogens is 357 g/mol. The summed E-state index contributed by atoms with van der Waals surface area (Å²) in [6, 6.07) is 13.1. The zero-order chi connectivity index (χ0) is 18.4. The average molecular weight is 373 g/mol. The van der Waals surface area contributed by atoms with Gasteiger partial charge in [0.1, 0.15) is 17.3 Å². The van der Waals surface area contributed by atoms with Crippen molar-refractivity contribution in [3.63, 3.8) is 0 Å². The molecule has 0 aliphatic carbocycles. The van der Waals surface area contributed by atoms with Gasteiger partial charge in [-0.2, -0.15) is 0 Å². The van der Waals surface area contributed by atoms with Gasteiger partial charge < -0.3 is 10.1 Å². The lowest BCUT2D eigenvalue weighted by Gasteiger charge is -2.09. The average Bonchev–Trinajstić information content (AvgIpc) is 3.05. The summed E-state index contributed by atoms with van der Waals surface area (Å²) in [5, 5.41) is 14.4. The summed E-state index contributed by atoms with van der Waals surface area (Å²) in [4.78, 5) is 12.0. The number of thioether (sulfide) groups is 1. The number of nitrogens with zero attached hydrogens (tertiary/aromatic N) is 4. The zero-order valence-corrected chi connectivity index (χ0v) is 14.7. The van der Waals surface area contributed by atoms with Crippen molar-refractivity contribution in [2.75, 3.05) is 5.75 Å². The molecule has 0 unspecified atom stereocenters. The van der Waals surface area contributed by atoms with Gasteiger partial charge in [0.25, 0.3) is 0 Å². The first-order chi connectivity index (χ1) is 12.6. The summed E-state index contributed by atoms with van der Waals surface area (Å²) in [5.74, 6) is 0.941. The van der Waals surface area contributed by atoms with Crippen molar-refractivity contribution in [2.45, 2.75) is 11.7 Å². The Hall–Kier alpha value is -2.94. The SMILES string of the molecule is Cn1nnnc1SCC(=O)NCc1cccc(Oc2ccc(F)cc2)c1. The fraction of sp³-hybridized carbons (Fsp3) is 0.176. The first-order valence-electron chi connectivity index (χ1n) is 7.74. The molecule has 1 N–H and O–H groups in total. The maximum absolute atomic E-state index is 12.9. The molecule has 1 amide bonds. The third-order valence-corrected chi connectivity index (χ3v) is 4.36. The molecule has 0 fully saturated rings. The quantitative estimate of drug-likeness (QED) is 0.641. The van der Waals surface area contributed by atoms with E-state index < -0.39 is 0 Å². The van der Waals surface area contributed by atoms with Crippen LogP contribution in [-0.2, 0) is 18.4 Å². The number of nitrogens with one attached hydrogen (secondary N) is 1. The van der Waals surface area contributed by atoms with Crippen molar-refractivity contribution in [1.82, 2.24) is 25.5 Å². The second-order valence-corrected chi connectivity index (χ2v) is 6.30. The van der Waals surface area contributed by atoms with Crippen molar-refractivity contribution >= 4 is 17.7 Å². The number of carbonyl (C=O) groups excluding carboxylic acids is 1. The molecule has 3 rings (SSSR count). The highest BCUT2D eigenvalue weighted by Gasteiger charge is 2.08. The van der Waals surface area contributed by atoms with Crippen LogP contribution in [0.2, 0.25) is 0 Å². The maximum atomic E-state index is 12.9. The van der Waals surface area contributed by atoms with Crippen LogP contribution >= 0.6 is 11.8 Å². The lowest BCUT2D eigenvalue weighted by molar-refractivity contribution is -0.118. The van der Waals surface area contributed by atoms with E-state index in [1.807, 2.05) is 18.2 Å². The van der Waals surface area contributed by atoms with Crippen LogP contribution < -0.4 is 10.1 Å². The van der Waals surface area contributed by atoms with E-state index in [1.165, 1.54) is 28.6 Å². The number of rotatable bonds is 7. The molecule has 26 heavy (non-hydrogen) atoms. The summed E-state index contributed by atoms with van der Waals surface area (Å²) in [7, 11) is 1.72. The summed E-state index contributed by atoms with van der Waals surface area (Å²) in [6.07, 6.45) is 0.